The van der Waals surface area contributed by atoms with Crippen molar-refractivity contribution >= 4 is 21.6 Å². The number of nitrogen functional groups attached to an aromatic ring is 1. The second-order valence-corrected chi connectivity index (χ2v) is 5.95. The zero-order valence-corrected chi connectivity index (χ0v) is 12.2. The first-order valence-electron chi connectivity index (χ1n) is 6.56. The minimum atomic E-state index is 0.610. The van der Waals surface area contributed by atoms with Gasteiger partial charge >= 0.3 is 0 Å². The topological polar surface area (TPSA) is 38.0 Å². The molecule has 98 valence electrons. The Kier molecular flexibility index (Phi) is 3.58. The third kappa shape index (κ3) is 2.99. The molecule has 0 saturated heterocycles. The van der Waals surface area contributed by atoms with Gasteiger partial charge in [0.05, 0.1) is 0 Å². The lowest BCUT2D eigenvalue weighted by atomic mass is 10.1. The minimum absolute atomic E-state index is 0.610. The molecule has 2 aromatic rings. The van der Waals surface area contributed by atoms with Crippen molar-refractivity contribution in [1.29, 1.82) is 0 Å². The molecule has 0 aliphatic heterocycles. The van der Waals surface area contributed by atoms with Crippen LogP contribution in [0.4, 0.5) is 5.69 Å². The van der Waals surface area contributed by atoms with Crippen LogP contribution < -0.4 is 11.1 Å². The molecule has 0 radical (unpaired) electrons. The monoisotopic (exact) mass is 316 g/mol. The molecule has 2 unspecified atom stereocenters. The Morgan fingerprint density at radius 2 is 1.95 bits per heavy atom. The Morgan fingerprint density at radius 3 is 2.68 bits per heavy atom. The van der Waals surface area contributed by atoms with Crippen molar-refractivity contribution in [3.63, 3.8) is 0 Å². The average molecular weight is 317 g/mol. The van der Waals surface area contributed by atoms with Gasteiger partial charge in [0.2, 0.25) is 0 Å². The van der Waals surface area contributed by atoms with Crippen LogP contribution in [0.15, 0.2) is 53.0 Å². The maximum Gasteiger partial charge on any atom is 0.0458 e. The molecule has 1 saturated carbocycles. The molecule has 0 heterocycles. The molecule has 0 amide bonds. The maximum absolute atomic E-state index is 5.79. The van der Waals surface area contributed by atoms with Gasteiger partial charge in [0.1, 0.15) is 0 Å². The van der Waals surface area contributed by atoms with Gasteiger partial charge in [0.25, 0.3) is 0 Å². The van der Waals surface area contributed by atoms with Crippen LogP contribution >= 0.6 is 15.9 Å². The van der Waals surface area contributed by atoms with Crippen LogP contribution in [0.5, 0.6) is 0 Å². The Labute approximate surface area is 122 Å². The van der Waals surface area contributed by atoms with E-state index >= 15 is 0 Å². The van der Waals surface area contributed by atoms with Crippen molar-refractivity contribution in [2.45, 2.75) is 24.9 Å². The molecule has 3 N–H and O–H groups in total. The van der Waals surface area contributed by atoms with Gasteiger partial charge in [0.15, 0.2) is 0 Å². The van der Waals surface area contributed by atoms with Crippen LogP contribution in [-0.4, -0.2) is 6.04 Å². The van der Waals surface area contributed by atoms with Gasteiger partial charge in [-0.1, -0.05) is 36.4 Å². The first-order valence-corrected chi connectivity index (χ1v) is 7.35. The number of benzene rings is 2. The van der Waals surface area contributed by atoms with E-state index < -0.39 is 0 Å². The summed E-state index contributed by atoms with van der Waals surface area (Å²) in [5.41, 5.74) is 9.28. The lowest BCUT2D eigenvalue weighted by molar-refractivity contribution is 0.672. The highest BCUT2D eigenvalue weighted by Crippen LogP contribution is 2.40. The number of hydrogen-bond acceptors (Lipinski definition) is 2. The maximum atomic E-state index is 5.79. The summed E-state index contributed by atoms with van der Waals surface area (Å²) in [5, 5.41) is 3.61. The van der Waals surface area contributed by atoms with Crippen LogP contribution in [0.1, 0.15) is 23.5 Å². The Bertz CT molecular complexity index is 568. The smallest absolute Gasteiger partial charge is 0.0458 e. The fourth-order valence-corrected chi connectivity index (χ4v) is 2.84. The molecule has 0 aromatic heterocycles. The van der Waals surface area contributed by atoms with Crippen LogP contribution in [0, 0.1) is 0 Å². The fourth-order valence-electron chi connectivity index (χ4n) is 2.42. The lowest BCUT2D eigenvalue weighted by Gasteiger charge is -2.06. The van der Waals surface area contributed by atoms with Crippen LogP contribution in [0.25, 0.3) is 0 Å². The van der Waals surface area contributed by atoms with Crippen molar-refractivity contribution in [3.8, 4) is 0 Å². The second-order valence-electron chi connectivity index (χ2n) is 5.10. The van der Waals surface area contributed by atoms with Crippen molar-refractivity contribution in [1.82, 2.24) is 5.32 Å². The van der Waals surface area contributed by atoms with E-state index in [1.54, 1.807) is 0 Å². The van der Waals surface area contributed by atoms with Crippen molar-refractivity contribution in [3.05, 3.63) is 64.1 Å². The summed E-state index contributed by atoms with van der Waals surface area (Å²) in [6.45, 7) is 0.896. The highest BCUT2D eigenvalue weighted by atomic mass is 79.9. The summed E-state index contributed by atoms with van der Waals surface area (Å²) in [7, 11) is 0. The number of anilines is 1. The minimum Gasteiger partial charge on any atom is -0.398 e. The normalized spacial score (nSPS) is 21.3. The van der Waals surface area contributed by atoms with Gasteiger partial charge in [-0.3, -0.25) is 0 Å². The molecular formula is C16H17BrN2. The molecular weight excluding hydrogens is 300 g/mol. The average Bonchev–Trinajstić information content (AvgIpc) is 3.21. The number of nitrogens with one attached hydrogen (secondary N) is 1. The van der Waals surface area contributed by atoms with Gasteiger partial charge in [-0.05, 0) is 45.6 Å². The molecule has 1 fully saturated rings. The summed E-state index contributed by atoms with van der Waals surface area (Å²) in [4.78, 5) is 0. The highest BCUT2D eigenvalue weighted by Gasteiger charge is 2.37. The molecule has 1 aliphatic rings. The third-order valence-electron chi connectivity index (χ3n) is 3.65. The van der Waals surface area contributed by atoms with Gasteiger partial charge in [-0.2, -0.15) is 0 Å². The van der Waals surface area contributed by atoms with Crippen molar-refractivity contribution in [2.24, 2.45) is 0 Å². The summed E-state index contributed by atoms with van der Waals surface area (Å²) < 4.78 is 0.974. The van der Waals surface area contributed by atoms with Crippen molar-refractivity contribution in [2.75, 3.05) is 5.73 Å². The first-order chi connectivity index (χ1) is 9.24. The fraction of sp³-hybridized carbons (Fsp3) is 0.250. The molecule has 0 bridgehead atoms. The highest BCUT2D eigenvalue weighted by molar-refractivity contribution is 9.10. The van der Waals surface area contributed by atoms with Gasteiger partial charge < -0.3 is 11.1 Å². The summed E-state index contributed by atoms with van der Waals surface area (Å²) in [6.07, 6.45) is 1.24. The zero-order chi connectivity index (χ0) is 13.2. The third-order valence-corrected chi connectivity index (χ3v) is 4.34. The van der Waals surface area contributed by atoms with E-state index in [1.807, 2.05) is 6.07 Å². The first kappa shape index (κ1) is 12.7. The quantitative estimate of drug-likeness (QED) is 0.844. The van der Waals surface area contributed by atoms with Crippen LogP contribution in [-0.2, 0) is 6.54 Å². The zero-order valence-electron chi connectivity index (χ0n) is 10.6. The standard InChI is InChI=1S/C16H17BrN2/c17-14-8-11(6-7-15(14)18)10-19-16-9-13(16)12-4-2-1-3-5-12/h1-8,13,16,19H,9-10,18H2. The SMILES string of the molecule is Nc1ccc(CNC2CC2c2ccccc2)cc1Br. The van der Waals surface area contributed by atoms with E-state index in [0.717, 1.165) is 16.7 Å². The molecule has 1 aliphatic carbocycles. The molecule has 2 atom stereocenters. The molecule has 2 nitrogen and oxygen atoms in total. The Hall–Kier alpha value is -1.32. The van der Waals surface area contributed by atoms with Gasteiger partial charge in [-0.15, -0.1) is 0 Å². The van der Waals surface area contributed by atoms with Crippen LogP contribution in [0.3, 0.4) is 0 Å². The van der Waals surface area contributed by atoms with E-state index in [0.29, 0.717) is 12.0 Å². The predicted octanol–water partition coefficient (Wildman–Crippen LogP) is 3.68. The lowest BCUT2D eigenvalue weighted by Crippen LogP contribution is -2.17. The summed E-state index contributed by atoms with van der Waals surface area (Å²) in [5.74, 6) is 0.679. The Balaban J connectivity index is 1.56. The van der Waals surface area contributed by atoms with Gasteiger partial charge in [0, 0.05) is 28.7 Å². The van der Waals surface area contributed by atoms with E-state index in [4.69, 9.17) is 5.73 Å². The van der Waals surface area contributed by atoms with E-state index in [1.165, 1.54) is 17.5 Å². The van der Waals surface area contributed by atoms with Gasteiger partial charge in [-0.25, -0.2) is 0 Å². The number of rotatable bonds is 4. The molecule has 19 heavy (non-hydrogen) atoms. The molecule has 3 rings (SSSR count). The second kappa shape index (κ2) is 5.35. The number of halogens is 1. The van der Waals surface area contributed by atoms with Crippen LogP contribution in [0.2, 0.25) is 0 Å². The Morgan fingerprint density at radius 1 is 1.16 bits per heavy atom. The molecule has 0 spiro atoms. The van der Waals surface area contributed by atoms with E-state index in [2.05, 4.69) is 63.7 Å². The molecule has 3 heteroatoms. The van der Waals surface area contributed by atoms with Crippen molar-refractivity contribution < 1.29 is 0 Å². The number of nitrogens with two attached hydrogens (primary N) is 1. The summed E-state index contributed by atoms with van der Waals surface area (Å²) >= 11 is 3.46. The molecule has 2 aromatic carbocycles. The number of hydrogen-bond donors (Lipinski definition) is 2. The largest absolute Gasteiger partial charge is 0.398 e. The predicted molar refractivity (Wildman–Crippen MR) is 83.0 cm³/mol. The van der Waals surface area contributed by atoms with E-state index in [9.17, 15) is 0 Å². The summed E-state index contributed by atoms with van der Waals surface area (Å²) in [6, 6.07) is 17.4. The van der Waals surface area contributed by atoms with E-state index in [-0.39, 0.29) is 0 Å².